The lowest BCUT2D eigenvalue weighted by atomic mass is 9.87. The molecule has 6 heteroatoms. The first-order valence-corrected chi connectivity index (χ1v) is 9.75. The molecule has 3 aromatic rings. The highest BCUT2D eigenvalue weighted by atomic mass is 79.9. The summed E-state index contributed by atoms with van der Waals surface area (Å²) in [4.78, 5) is 16.4. The summed E-state index contributed by atoms with van der Waals surface area (Å²) in [5, 5.41) is 6.70. The third-order valence-corrected chi connectivity index (χ3v) is 4.66. The average molecular weight is 440 g/mol. The van der Waals surface area contributed by atoms with Crippen LogP contribution in [0.15, 0.2) is 63.6 Å². The fraction of sp³-hybridized carbons (Fsp3) is 0.227. The molecule has 1 amide bonds. The van der Waals surface area contributed by atoms with Crippen LogP contribution in [-0.2, 0) is 16.8 Å². The molecule has 0 saturated carbocycles. The van der Waals surface area contributed by atoms with Crippen molar-refractivity contribution in [2.24, 2.45) is 0 Å². The highest BCUT2D eigenvalue weighted by Gasteiger charge is 2.12. The van der Waals surface area contributed by atoms with Crippen LogP contribution in [0.25, 0.3) is 17.5 Å². The Balaban J connectivity index is 1.55. The third kappa shape index (κ3) is 5.39. The normalized spacial score (nSPS) is 11.7. The highest BCUT2D eigenvalue weighted by Crippen LogP contribution is 2.22. The Hall–Kier alpha value is -2.73. The minimum absolute atomic E-state index is 0.110. The molecule has 0 fully saturated rings. The number of carbonyl (C=O) groups excluding carboxylic acids is 1. The lowest BCUT2D eigenvalue weighted by Crippen LogP contribution is -2.20. The van der Waals surface area contributed by atoms with Gasteiger partial charge in [-0.3, -0.25) is 4.79 Å². The maximum absolute atomic E-state index is 12.0. The molecule has 28 heavy (non-hydrogen) atoms. The zero-order valence-corrected chi connectivity index (χ0v) is 17.7. The third-order valence-electron chi connectivity index (χ3n) is 4.17. The predicted octanol–water partition coefficient (Wildman–Crippen LogP) is 5.13. The molecule has 3 rings (SSSR count). The molecular weight excluding hydrogens is 418 g/mol. The molecule has 0 aliphatic rings. The number of carbonyl (C=O) groups is 1. The summed E-state index contributed by atoms with van der Waals surface area (Å²) in [6.07, 6.45) is 3.28. The number of benzene rings is 2. The van der Waals surface area contributed by atoms with Gasteiger partial charge in [0.2, 0.25) is 17.6 Å². The predicted molar refractivity (Wildman–Crippen MR) is 113 cm³/mol. The number of hydrogen-bond donors (Lipinski definition) is 1. The van der Waals surface area contributed by atoms with Crippen molar-refractivity contribution in [3.63, 3.8) is 0 Å². The lowest BCUT2D eigenvalue weighted by Gasteiger charge is -2.18. The Morgan fingerprint density at radius 1 is 1.18 bits per heavy atom. The van der Waals surface area contributed by atoms with Crippen LogP contribution < -0.4 is 5.32 Å². The molecule has 144 valence electrons. The van der Waals surface area contributed by atoms with Gasteiger partial charge in [-0.05, 0) is 34.8 Å². The van der Waals surface area contributed by atoms with Crippen molar-refractivity contribution in [2.75, 3.05) is 0 Å². The summed E-state index contributed by atoms with van der Waals surface area (Å²) in [6.45, 7) is 6.69. The molecule has 0 aliphatic heterocycles. The quantitative estimate of drug-likeness (QED) is 0.559. The number of rotatable bonds is 5. The highest BCUT2D eigenvalue weighted by molar-refractivity contribution is 9.10. The van der Waals surface area contributed by atoms with E-state index in [1.54, 1.807) is 6.08 Å². The second-order valence-corrected chi connectivity index (χ2v) is 8.36. The number of aromatic nitrogens is 2. The maximum atomic E-state index is 12.0. The average Bonchev–Trinajstić information content (AvgIpc) is 3.13. The number of amides is 1. The summed E-state index contributed by atoms with van der Waals surface area (Å²) < 4.78 is 6.14. The van der Waals surface area contributed by atoms with Crippen LogP contribution >= 0.6 is 15.9 Å². The lowest BCUT2D eigenvalue weighted by molar-refractivity contribution is -0.116. The van der Waals surface area contributed by atoms with Gasteiger partial charge in [-0.25, -0.2) is 0 Å². The number of nitrogens with zero attached hydrogens (tertiary/aromatic N) is 2. The topological polar surface area (TPSA) is 68.0 Å². The van der Waals surface area contributed by atoms with E-state index in [1.165, 1.54) is 11.6 Å². The minimum Gasteiger partial charge on any atom is -0.343 e. The van der Waals surface area contributed by atoms with E-state index in [4.69, 9.17) is 4.52 Å². The molecule has 0 unspecified atom stereocenters. The van der Waals surface area contributed by atoms with Gasteiger partial charge in [0.1, 0.15) is 0 Å². The number of halogens is 1. The maximum Gasteiger partial charge on any atom is 0.246 e. The zero-order valence-electron chi connectivity index (χ0n) is 16.1. The molecular formula is C22H22BrN3O2. The second kappa shape index (κ2) is 8.52. The van der Waals surface area contributed by atoms with Crippen LogP contribution in [0.5, 0.6) is 0 Å². The summed E-state index contributed by atoms with van der Waals surface area (Å²) in [7, 11) is 0. The zero-order chi connectivity index (χ0) is 20.1. The van der Waals surface area contributed by atoms with Gasteiger partial charge < -0.3 is 9.84 Å². The first kappa shape index (κ1) is 20.0. The van der Waals surface area contributed by atoms with Crippen LogP contribution in [0.3, 0.4) is 0 Å². The molecule has 0 saturated heterocycles. The SMILES string of the molecule is CC(C)(C)c1ccc(/C=C/C(=O)NCc2nc(-c3cccc(Br)c3)no2)cc1. The smallest absolute Gasteiger partial charge is 0.246 e. The van der Waals surface area contributed by atoms with Crippen molar-refractivity contribution >= 4 is 27.9 Å². The van der Waals surface area contributed by atoms with Crippen molar-refractivity contribution in [3.8, 4) is 11.4 Å². The van der Waals surface area contributed by atoms with Crippen molar-refractivity contribution in [3.05, 3.63) is 76.1 Å². The van der Waals surface area contributed by atoms with Gasteiger partial charge in [-0.15, -0.1) is 0 Å². The van der Waals surface area contributed by atoms with Crippen molar-refractivity contribution in [2.45, 2.75) is 32.7 Å². The fourth-order valence-corrected chi connectivity index (χ4v) is 2.96. The molecule has 0 atom stereocenters. The van der Waals surface area contributed by atoms with Gasteiger partial charge in [0, 0.05) is 16.1 Å². The molecule has 0 aliphatic carbocycles. The van der Waals surface area contributed by atoms with Gasteiger partial charge in [0.15, 0.2) is 0 Å². The van der Waals surface area contributed by atoms with E-state index in [0.717, 1.165) is 15.6 Å². The molecule has 0 radical (unpaired) electrons. The van der Waals surface area contributed by atoms with E-state index >= 15 is 0 Å². The van der Waals surface area contributed by atoms with Gasteiger partial charge in [-0.1, -0.05) is 78.3 Å². The molecule has 0 spiro atoms. The van der Waals surface area contributed by atoms with Crippen LogP contribution in [0.1, 0.15) is 37.8 Å². The van der Waals surface area contributed by atoms with E-state index in [1.807, 2.05) is 36.4 Å². The fourth-order valence-electron chi connectivity index (χ4n) is 2.56. The summed E-state index contributed by atoms with van der Waals surface area (Å²) in [5.41, 5.74) is 3.18. The largest absolute Gasteiger partial charge is 0.343 e. The van der Waals surface area contributed by atoms with Crippen molar-refractivity contribution in [1.82, 2.24) is 15.5 Å². The summed E-state index contributed by atoms with van der Waals surface area (Å²) in [5.74, 6) is 0.619. The van der Waals surface area contributed by atoms with E-state index < -0.39 is 0 Å². The molecule has 5 nitrogen and oxygen atoms in total. The van der Waals surface area contributed by atoms with E-state index in [9.17, 15) is 4.79 Å². The summed E-state index contributed by atoms with van der Waals surface area (Å²) in [6, 6.07) is 15.8. The van der Waals surface area contributed by atoms with Gasteiger partial charge in [-0.2, -0.15) is 4.98 Å². The molecule has 1 heterocycles. The van der Waals surface area contributed by atoms with Crippen LogP contribution in [-0.4, -0.2) is 16.0 Å². The molecule has 0 bridgehead atoms. The van der Waals surface area contributed by atoms with Crippen molar-refractivity contribution < 1.29 is 9.32 Å². The van der Waals surface area contributed by atoms with Crippen molar-refractivity contribution in [1.29, 1.82) is 0 Å². The Morgan fingerprint density at radius 3 is 2.61 bits per heavy atom. The first-order chi connectivity index (χ1) is 13.3. The summed E-state index contributed by atoms with van der Waals surface area (Å²) >= 11 is 3.42. The van der Waals surface area contributed by atoms with Crippen LogP contribution in [0, 0.1) is 0 Å². The van der Waals surface area contributed by atoms with Crippen LogP contribution in [0.2, 0.25) is 0 Å². The number of nitrogens with one attached hydrogen (secondary N) is 1. The molecule has 1 N–H and O–H groups in total. The van der Waals surface area contributed by atoms with E-state index in [0.29, 0.717) is 11.7 Å². The van der Waals surface area contributed by atoms with E-state index in [2.05, 4.69) is 64.3 Å². The Labute approximate surface area is 173 Å². The Bertz CT molecular complexity index is 986. The Kier molecular flexibility index (Phi) is 6.09. The van der Waals surface area contributed by atoms with Crippen LogP contribution in [0.4, 0.5) is 0 Å². The molecule has 1 aromatic heterocycles. The second-order valence-electron chi connectivity index (χ2n) is 7.45. The van der Waals surface area contributed by atoms with E-state index in [-0.39, 0.29) is 17.9 Å². The first-order valence-electron chi connectivity index (χ1n) is 8.96. The Morgan fingerprint density at radius 2 is 1.93 bits per heavy atom. The minimum atomic E-state index is -0.220. The number of hydrogen-bond acceptors (Lipinski definition) is 4. The van der Waals surface area contributed by atoms with Gasteiger partial charge in [0.25, 0.3) is 0 Å². The van der Waals surface area contributed by atoms with Gasteiger partial charge >= 0.3 is 0 Å². The molecule has 2 aromatic carbocycles. The standard InChI is InChI=1S/C22H22BrN3O2/c1-22(2,3)17-10-7-15(8-11-17)9-12-19(27)24-14-20-25-21(26-28-20)16-5-4-6-18(23)13-16/h4-13H,14H2,1-3H3,(H,24,27)/b12-9+. The monoisotopic (exact) mass is 439 g/mol. The van der Waals surface area contributed by atoms with Gasteiger partial charge in [0.05, 0.1) is 6.54 Å².